The van der Waals surface area contributed by atoms with Crippen molar-refractivity contribution >= 4 is 39.5 Å². The van der Waals surface area contributed by atoms with Gasteiger partial charge in [0.15, 0.2) is 12.2 Å². The van der Waals surface area contributed by atoms with Gasteiger partial charge >= 0.3 is 39.5 Å². The van der Waals surface area contributed by atoms with Gasteiger partial charge in [0.25, 0.3) is 0 Å². The van der Waals surface area contributed by atoms with Gasteiger partial charge in [-0.05, 0) is 31.6 Å². The molecule has 618 valence electrons. The first-order chi connectivity index (χ1) is 50.6. The van der Waals surface area contributed by atoms with E-state index in [9.17, 15) is 43.2 Å². The Labute approximate surface area is 638 Å². The Hall–Kier alpha value is -1.94. The van der Waals surface area contributed by atoms with Crippen LogP contribution in [-0.2, 0) is 65.4 Å². The number of carbonyl (C=O) groups is 4. The number of ether oxygens (including phenoxy) is 4. The van der Waals surface area contributed by atoms with E-state index in [-0.39, 0.29) is 25.7 Å². The van der Waals surface area contributed by atoms with Crippen molar-refractivity contribution in [1.29, 1.82) is 0 Å². The van der Waals surface area contributed by atoms with Gasteiger partial charge in [-0.2, -0.15) is 0 Å². The molecular formula is C85H166O17P2. The van der Waals surface area contributed by atoms with Crippen molar-refractivity contribution in [1.82, 2.24) is 0 Å². The molecule has 6 atom stereocenters. The molecule has 0 heterocycles. The van der Waals surface area contributed by atoms with Gasteiger partial charge in [0.05, 0.1) is 26.4 Å². The molecule has 0 fully saturated rings. The first-order valence-corrected chi connectivity index (χ1v) is 47.2. The van der Waals surface area contributed by atoms with Crippen molar-refractivity contribution in [3.63, 3.8) is 0 Å². The topological polar surface area (TPSA) is 237 Å². The Morgan fingerprint density at radius 2 is 0.462 bits per heavy atom. The lowest BCUT2D eigenvalue weighted by atomic mass is 9.99. The molecular weight excluding hydrogens is 1350 g/mol. The van der Waals surface area contributed by atoms with E-state index in [0.717, 1.165) is 95.8 Å². The number of carbonyl (C=O) groups excluding carboxylic acids is 4. The van der Waals surface area contributed by atoms with E-state index < -0.39 is 97.5 Å². The number of phosphoric ester groups is 2. The van der Waals surface area contributed by atoms with E-state index in [1.54, 1.807) is 0 Å². The van der Waals surface area contributed by atoms with Crippen LogP contribution < -0.4 is 0 Å². The van der Waals surface area contributed by atoms with Crippen LogP contribution in [0.2, 0.25) is 0 Å². The van der Waals surface area contributed by atoms with E-state index in [2.05, 4.69) is 34.6 Å². The smallest absolute Gasteiger partial charge is 0.462 e. The van der Waals surface area contributed by atoms with Crippen molar-refractivity contribution in [2.45, 2.75) is 477 Å². The normalized spacial score (nSPS) is 14.0. The molecule has 0 aromatic carbocycles. The summed E-state index contributed by atoms with van der Waals surface area (Å²) in [6, 6.07) is 0. The lowest BCUT2D eigenvalue weighted by Crippen LogP contribution is -2.30. The molecule has 0 aliphatic carbocycles. The summed E-state index contributed by atoms with van der Waals surface area (Å²) in [6.45, 7) is 7.41. The highest BCUT2D eigenvalue weighted by Gasteiger charge is 2.30. The van der Waals surface area contributed by atoms with Gasteiger partial charge in [0.1, 0.15) is 19.3 Å². The van der Waals surface area contributed by atoms with Crippen LogP contribution in [0.5, 0.6) is 0 Å². The maximum Gasteiger partial charge on any atom is 0.472 e. The largest absolute Gasteiger partial charge is 0.472 e. The molecule has 0 aliphatic heterocycles. The number of hydrogen-bond acceptors (Lipinski definition) is 15. The van der Waals surface area contributed by atoms with E-state index in [1.165, 1.54) is 283 Å². The maximum absolute atomic E-state index is 13.1. The van der Waals surface area contributed by atoms with Gasteiger partial charge in [-0.15, -0.1) is 0 Å². The first-order valence-electron chi connectivity index (χ1n) is 44.2. The zero-order valence-electron chi connectivity index (χ0n) is 68.2. The van der Waals surface area contributed by atoms with Gasteiger partial charge in [0.2, 0.25) is 0 Å². The summed E-state index contributed by atoms with van der Waals surface area (Å²) in [5.74, 6) is -1.25. The summed E-state index contributed by atoms with van der Waals surface area (Å²) in [5, 5.41) is 10.7. The molecule has 0 bridgehead atoms. The second kappa shape index (κ2) is 77.8. The number of hydrogen-bond donors (Lipinski definition) is 3. The summed E-state index contributed by atoms with van der Waals surface area (Å²) in [5.41, 5.74) is 0. The van der Waals surface area contributed by atoms with Crippen LogP contribution in [0.25, 0.3) is 0 Å². The molecule has 0 saturated carbocycles. The van der Waals surface area contributed by atoms with Gasteiger partial charge in [-0.25, -0.2) is 9.13 Å². The van der Waals surface area contributed by atoms with Crippen LogP contribution in [0.1, 0.15) is 458 Å². The van der Waals surface area contributed by atoms with Gasteiger partial charge in [-0.1, -0.05) is 407 Å². The highest BCUT2D eigenvalue weighted by Crippen LogP contribution is 2.45. The monoisotopic (exact) mass is 1520 g/mol. The molecule has 0 aromatic rings. The summed E-state index contributed by atoms with van der Waals surface area (Å²) in [4.78, 5) is 73.2. The predicted octanol–water partition coefficient (Wildman–Crippen LogP) is 26.0. The molecule has 0 spiro atoms. The van der Waals surface area contributed by atoms with E-state index >= 15 is 0 Å². The van der Waals surface area contributed by atoms with Crippen LogP contribution >= 0.6 is 15.6 Å². The third kappa shape index (κ3) is 76.8. The fourth-order valence-electron chi connectivity index (χ4n) is 13.3. The number of aliphatic hydroxyl groups excluding tert-OH is 1. The minimum absolute atomic E-state index is 0.108. The lowest BCUT2D eigenvalue weighted by Gasteiger charge is -2.21. The van der Waals surface area contributed by atoms with E-state index in [0.29, 0.717) is 25.7 Å². The Bertz CT molecular complexity index is 1980. The summed E-state index contributed by atoms with van der Waals surface area (Å²) in [7, 11) is -9.92. The zero-order chi connectivity index (χ0) is 76.2. The number of unbranched alkanes of at least 4 members (excludes halogenated alkanes) is 56. The van der Waals surface area contributed by atoms with Crippen molar-refractivity contribution in [2.75, 3.05) is 39.6 Å². The first kappa shape index (κ1) is 102. The second-order valence-corrected chi connectivity index (χ2v) is 33.7. The van der Waals surface area contributed by atoms with Crippen molar-refractivity contribution in [3.05, 3.63) is 0 Å². The average Bonchev–Trinajstić information content (AvgIpc) is 0.913. The quantitative estimate of drug-likeness (QED) is 0.0222. The van der Waals surface area contributed by atoms with Crippen LogP contribution in [0.3, 0.4) is 0 Å². The molecule has 3 unspecified atom stereocenters. The van der Waals surface area contributed by atoms with E-state index in [1.807, 2.05) is 0 Å². The van der Waals surface area contributed by atoms with Crippen LogP contribution in [0.15, 0.2) is 0 Å². The summed E-state index contributed by atoms with van der Waals surface area (Å²) >= 11 is 0. The Balaban J connectivity index is 5.22. The predicted molar refractivity (Wildman–Crippen MR) is 428 cm³/mol. The van der Waals surface area contributed by atoms with Crippen LogP contribution in [-0.4, -0.2) is 96.7 Å². The average molecular weight is 1520 g/mol. The number of rotatable bonds is 85. The SMILES string of the molecule is CCCCCCCCCCCCCCCCCCCCCCCCC(=O)O[C@H](COC(=O)CCCCCCCCCCCCCCCCC(C)CC)COP(=O)(O)OC[C@@H](O)COP(=O)(O)OC[C@@H](COC(=O)CCCCCCCCCCCCC)OC(=O)CCCCCCCCCCCCCCC. The van der Waals surface area contributed by atoms with Crippen LogP contribution in [0, 0.1) is 5.92 Å². The molecule has 19 heteroatoms. The molecule has 104 heavy (non-hydrogen) atoms. The number of esters is 4. The summed E-state index contributed by atoms with van der Waals surface area (Å²) < 4.78 is 68.8. The van der Waals surface area contributed by atoms with Gasteiger partial charge in [-0.3, -0.25) is 37.3 Å². The lowest BCUT2D eigenvalue weighted by molar-refractivity contribution is -0.161. The molecule has 0 saturated heterocycles. The summed E-state index contributed by atoms with van der Waals surface area (Å²) in [6.07, 6.45) is 70.7. The fraction of sp³-hybridized carbons (Fsp3) is 0.953. The Kier molecular flexibility index (Phi) is 76.3. The molecule has 0 rings (SSSR count). The minimum atomic E-state index is -4.96. The highest BCUT2D eigenvalue weighted by atomic mass is 31.2. The van der Waals surface area contributed by atoms with Crippen molar-refractivity contribution in [3.8, 4) is 0 Å². The Morgan fingerprint density at radius 1 is 0.269 bits per heavy atom. The number of phosphoric acid groups is 2. The fourth-order valence-corrected chi connectivity index (χ4v) is 14.8. The maximum atomic E-state index is 13.1. The minimum Gasteiger partial charge on any atom is -0.462 e. The van der Waals surface area contributed by atoms with Crippen LogP contribution in [0.4, 0.5) is 0 Å². The van der Waals surface area contributed by atoms with Gasteiger partial charge in [0, 0.05) is 25.7 Å². The molecule has 0 amide bonds. The Morgan fingerprint density at radius 3 is 0.683 bits per heavy atom. The number of aliphatic hydroxyl groups is 1. The molecule has 0 aliphatic rings. The molecule has 0 radical (unpaired) electrons. The van der Waals surface area contributed by atoms with Gasteiger partial charge < -0.3 is 33.8 Å². The molecule has 17 nitrogen and oxygen atoms in total. The highest BCUT2D eigenvalue weighted by molar-refractivity contribution is 7.47. The molecule has 0 aromatic heterocycles. The second-order valence-electron chi connectivity index (χ2n) is 30.8. The third-order valence-electron chi connectivity index (χ3n) is 20.4. The molecule has 3 N–H and O–H groups in total. The van der Waals surface area contributed by atoms with E-state index in [4.69, 9.17) is 37.0 Å². The van der Waals surface area contributed by atoms with Crippen molar-refractivity contribution in [2.24, 2.45) is 5.92 Å². The third-order valence-corrected chi connectivity index (χ3v) is 22.3. The van der Waals surface area contributed by atoms with Crippen molar-refractivity contribution < 1.29 is 80.2 Å². The standard InChI is InChI=1S/C85H166O17P2/c1-6-10-13-16-19-22-25-27-28-29-30-31-32-33-34-35-41-46-51-56-61-66-71-85(90)102-81(75-96-83(88)69-64-59-54-49-44-40-37-36-39-43-47-52-57-62-67-78(5)9-4)77-100-104(93,94)98-73-79(86)72-97-103(91,92)99-76-80(74-95-82(87)68-63-58-53-48-42-24-21-18-15-12-8-3)101-84(89)70-65-60-55-50-45-38-26-23-20-17-14-11-7-2/h78-81,86H,6-77H2,1-5H3,(H,91,92)(H,93,94)/t78?,79-,80+,81+/m0/s1. The zero-order valence-corrected chi connectivity index (χ0v) is 70.0.